The first-order valence-corrected chi connectivity index (χ1v) is 10.5. The molecule has 2 atom stereocenters. The topological polar surface area (TPSA) is 117 Å². The smallest absolute Gasteiger partial charge is 0.339 e. The summed E-state index contributed by atoms with van der Waals surface area (Å²) in [6, 6.07) is 11.9. The van der Waals surface area contributed by atoms with Crippen LogP contribution >= 0.6 is 0 Å². The van der Waals surface area contributed by atoms with Crippen LogP contribution in [0.1, 0.15) is 41.2 Å². The first-order valence-electron chi connectivity index (χ1n) is 10.5. The summed E-state index contributed by atoms with van der Waals surface area (Å²) in [5.74, 6) is -0.696. The maximum Gasteiger partial charge on any atom is 0.339 e. The molecule has 0 amide bonds. The minimum Gasteiger partial charge on any atom is -0.490 e. The standard InChI is InChI=1S/C25H24O7/c26-19(14-31-20-10-4-1-6-15(20)12-13-22(27)28)24(29)18-9-5-11-21-23(18)16-7-2-3-8-17(16)25(30)32-21/h1,4-6,9-13,19,24,26,29H,2-3,7-8,14H2,(H,27,28). The number of ether oxygens (including phenoxy) is 1. The minimum absolute atomic E-state index is 0.214. The zero-order valence-corrected chi connectivity index (χ0v) is 17.4. The third-order valence-electron chi connectivity index (χ3n) is 5.69. The lowest BCUT2D eigenvalue weighted by Gasteiger charge is -2.23. The fourth-order valence-corrected chi connectivity index (χ4v) is 4.15. The number of aliphatic hydroxyl groups is 2. The van der Waals surface area contributed by atoms with E-state index in [2.05, 4.69) is 0 Å². The number of rotatable bonds is 7. The summed E-state index contributed by atoms with van der Waals surface area (Å²) in [6.45, 7) is -0.214. The van der Waals surface area contributed by atoms with E-state index < -0.39 is 18.2 Å². The lowest BCUT2D eigenvalue weighted by atomic mass is 9.87. The number of carboxylic acid groups (broad SMARTS) is 1. The first kappa shape index (κ1) is 21.8. The molecular weight excluding hydrogens is 412 g/mol. The second-order valence-corrected chi connectivity index (χ2v) is 7.81. The third-order valence-corrected chi connectivity index (χ3v) is 5.69. The van der Waals surface area contributed by atoms with Crippen molar-refractivity contribution in [3.05, 3.63) is 81.2 Å². The van der Waals surface area contributed by atoms with Gasteiger partial charge in [-0.05, 0) is 55.0 Å². The van der Waals surface area contributed by atoms with Gasteiger partial charge in [0.1, 0.15) is 30.1 Å². The predicted molar refractivity (Wildman–Crippen MR) is 119 cm³/mol. The van der Waals surface area contributed by atoms with Crippen molar-refractivity contribution >= 4 is 23.0 Å². The average molecular weight is 436 g/mol. The van der Waals surface area contributed by atoms with Gasteiger partial charge in [-0.3, -0.25) is 0 Å². The number of aliphatic carboxylic acids is 1. The van der Waals surface area contributed by atoms with Gasteiger partial charge in [0.25, 0.3) is 0 Å². The van der Waals surface area contributed by atoms with Crippen molar-refractivity contribution in [3.63, 3.8) is 0 Å². The highest BCUT2D eigenvalue weighted by atomic mass is 16.5. The van der Waals surface area contributed by atoms with Crippen LogP contribution in [0.15, 0.2) is 57.8 Å². The van der Waals surface area contributed by atoms with Gasteiger partial charge in [0.2, 0.25) is 0 Å². The van der Waals surface area contributed by atoms with E-state index in [1.54, 1.807) is 42.5 Å². The molecule has 0 aliphatic heterocycles. The van der Waals surface area contributed by atoms with Crippen molar-refractivity contribution in [3.8, 4) is 5.75 Å². The number of aryl methyl sites for hydroxylation is 1. The van der Waals surface area contributed by atoms with Crippen molar-refractivity contribution in [1.82, 2.24) is 0 Å². The number of aliphatic hydroxyl groups excluding tert-OH is 2. The molecule has 1 aliphatic rings. The van der Waals surface area contributed by atoms with E-state index in [-0.39, 0.29) is 12.2 Å². The average Bonchev–Trinajstić information content (AvgIpc) is 2.81. The van der Waals surface area contributed by atoms with Gasteiger partial charge in [-0.15, -0.1) is 0 Å². The summed E-state index contributed by atoms with van der Waals surface area (Å²) in [5, 5.41) is 31.1. The van der Waals surface area contributed by atoms with Crippen LogP contribution in [-0.4, -0.2) is 34.0 Å². The normalized spacial score (nSPS) is 15.4. The molecule has 1 aromatic heterocycles. The number of para-hydroxylation sites is 1. The molecule has 2 aromatic carbocycles. The molecule has 32 heavy (non-hydrogen) atoms. The molecule has 2 unspecified atom stereocenters. The number of carboxylic acids is 1. The van der Waals surface area contributed by atoms with Gasteiger partial charge in [0, 0.05) is 22.6 Å². The summed E-state index contributed by atoms with van der Waals surface area (Å²) < 4.78 is 11.2. The Labute approximate surface area is 184 Å². The van der Waals surface area contributed by atoms with E-state index >= 15 is 0 Å². The van der Waals surface area contributed by atoms with Crippen LogP contribution in [0.4, 0.5) is 0 Å². The van der Waals surface area contributed by atoms with E-state index in [0.29, 0.717) is 39.8 Å². The Morgan fingerprint density at radius 2 is 1.81 bits per heavy atom. The first-order chi connectivity index (χ1) is 15.5. The van der Waals surface area contributed by atoms with Crippen molar-refractivity contribution in [2.24, 2.45) is 0 Å². The number of fused-ring (bicyclic) bond motifs is 3. The zero-order valence-electron chi connectivity index (χ0n) is 17.4. The Morgan fingerprint density at radius 3 is 2.59 bits per heavy atom. The van der Waals surface area contributed by atoms with Gasteiger partial charge in [0.15, 0.2) is 0 Å². The summed E-state index contributed by atoms with van der Waals surface area (Å²) >= 11 is 0. The van der Waals surface area contributed by atoms with Crippen LogP contribution in [0, 0.1) is 0 Å². The van der Waals surface area contributed by atoms with Crippen molar-refractivity contribution in [1.29, 1.82) is 0 Å². The molecule has 0 fully saturated rings. The lowest BCUT2D eigenvalue weighted by Crippen LogP contribution is -2.26. The van der Waals surface area contributed by atoms with Crippen LogP contribution < -0.4 is 10.4 Å². The Kier molecular flexibility index (Phi) is 6.39. The van der Waals surface area contributed by atoms with E-state index in [0.717, 1.165) is 30.9 Å². The van der Waals surface area contributed by atoms with E-state index in [4.69, 9.17) is 14.3 Å². The number of benzene rings is 2. The molecule has 0 saturated carbocycles. The predicted octanol–water partition coefficient (Wildman–Crippen LogP) is 3.24. The Hall–Kier alpha value is -3.42. The number of carbonyl (C=O) groups is 1. The molecule has 7 heteroatoms. The van der Waals surface area contributed by atoms with Crippen LogP contribution in [-0.2, 0) is 17.6 Å². The molecule has 3 N–H and O–H groups in total. The zero-order chi connectivity index (χ0) is 22.7. The molecule has 0 bridgehead atoms. The van der Waals surface area contributed by atoms with E-state index in [1.807, 2.05) is 0 Å². The highest BCUT2D eigenvalue weighted by Gasteiger charge is 2.26. The molecule has 0 saturated heterocycles. The quantitative estimate of drug-likeness (QED) is 0.384. The molecule has 3 aromatic rings. The molecule has 166 valence electrons. The van der Waals surface area contributed by atoms with E-state index in [1.165, 1.54) is 6.08 Å². The molecule has 0 radical (unpaired) electrons. The van der Waals surface area contributed by atoms with Gasteiger partial charge in [0.05, 0.1) is 0 Å². The fraction of sp³-hybridized carbons (Fsp3) is 0.280. The third kappa shape index (κ3) is 4.44. The van der Waals surface area contributed by atoms with Gasteiger partial charge in [-0.1, -0.05) is 30.3 Å². The number of hydrogen-bond acceptors (Lipinski definition) is 6. The maximum atomic E-state index is 12.3. The molecular formula is C25H24O7. The maximum absolute atomic E-state index is 12.3. The van der Waals surface area contributed by atoms with Gasteiger partial charge in [-0.25, -0.2) is 9.59 Å². The molecule has 4 rings (SSSR count). The molecule has 1 heterocycles. The minimum atomic E-state index is -1.26. The summed E-state index contributed by atoms with van der Waals surface area (Å²) in [6.07, 6.45) is 3.10. The van der Waals surface area contributed by atoms with Crippen LogP contribution in [0.25, 0.3) is 17.0 Å². The van der Waals surface area contributed by atoms with Crippen molar-refractivity contribution in [2.45, 2.75) is 37.9 Å². The highest BCUT2D eigenvalue weighted by molar-refractivity contribution is 5.86. The fourth-order valence-electron chi connectivity index (χ4n) is 4.15. The SMILES string of the molecule is O=C(O)C=Cc1ccccc1OCC(O)C(O)c1cccc2oc(=O)c3c(c12)CCCC3. The van der Waals surface area contributed by atoms with Crippen LogP contribution in [0.3, 0.4) is 0 Å². The Bertz CT molecular complexity index is 1220. The monoisotopic (exact) mass is 436 g/mol. The summed E-state index contributed by atoms with van der Waals surface area (Å²) in [5.41, 5.74) is 2.61. The lowest BCUT2D eigenvalue weighted by molar-refractivity contribution is -0.131. The van der Waals surface area contributed by atoms with Crippen LogP contribution in [0.5, 0.6) is 5.75 Å². The summed E-state index contributed by atoms with van der Waals surface area (Å²) in [7, 11) is 0. The van der Waals surface area contributed by atoms with E-state index in [9.17, 15) is 19.8 Å². The summed E-state index contributed by atoms with van der Waals surface area (Å²) in [4.78, 5) is 23.1. The van der Waals surface area contributed by atoms with Gasteiger partial charge < -0.3 is 24.5 Å². The molecule has 0 spiro atoms. The second-order valence-electron chi connectivity index (χ2n) is 7.81. The Morgan fingerprint density at radius 1 is 1.06 bits per heavy atom. The largest absolute Gasteiger partial charge is 0.490 e. The number of hydrogen-bond donors (Lipinski definition) is 3. The van der Waals surface area contributed by atoms with Crippen molar-refractivity contribution < 1.29 is 29.3 Å². The molecule has 1 aliphatic carbocycles. The second kappa shape index (κ2) is 9.38. The van der Waals surface area contributed by atoms with Crippen LogP contribution in [0.2, 0.25) is 0 Å². The highest BCUT2D eigenvalue weighted by Crippen LogP contribution is 2.33. The van der Waals surface area contributed by atoms with Gasteiger partial charge in [-0.2, -0.15) is 0 Å². The van der Waals surface area contributed by atoms with Crippen molar-refractivity contribution in [2.75, 3.05) is 6.61 Å². The molecule has 7 nitrogen and oxygen atoms in total. The van der Waals surface area contributed by atoms with Gasteiger partial charge >= 0.3 is 11.6 Å². The Balaban J connectivity index is 1.60.